The lowest BCUT2D eigenvalue weighted by Crippen LogP contribution is -2.27. The third-order valence-corrected chi connectivity index (χ3v) is 5.34. The first-order chi connectivity index (χ1) is 12.3. The Hall–Kier alpha value is -2.51. The summed E-state index contributed by atoms with van der Waals surface area (Å²) in [4.78, 5) is 23.2. The van der Waals surface area contributed by atoms with E-state index in [9.17, 15) is 18.0 Å². The number of Topliss-reactive ketones (excluding diaryl/α,β-unsaturated/α-hetero) is 1. The number of amides is 1. The van der Waals surface area contributed by atoms with E-state index in [1.807, 2.05) is 31.2 Å². The Morgan fingerprint density at radius 1 is 0.962 bits per heavy atom. The molecule has 1 amide bonds. The van der Waals surface area contributed by atoms with Gasteiger partial charge in [0.15, 0.2) is 5.78 Å². The molecule has 0 heterocycles. The molecule has 0 saturated heterocycles. The van der Waals surface area contributed by atoms with Crippen LogP contribution < -0.4 is 10.0 Å². The Morgan fingerprint density at radius 3 is 2.12 bits per heavy atom. The zero-order valence-electron chi connectivity index (χ0n) is 14.8. The number of hydrogen-bond donors (Lipinski definition) is 2. The molecule has 7 heteroatoms. The van der Waals surface area contributed by atoms with Crippen LogP contribution >= 0.6 is 0 Å². The Morgan fingerprint density at radius 2 is 1.58 bits per heavy atom. The van der Waals surface area contributed by atoms with E-state index in [1.165, 1.54) is 36.8 Å². The molecule has 0 spiro atoms. The van der Waals surface area contributed by atoms with Crippen LogP contribution in [-0.4, -0.2) is 26.7 Å². The summed E-state index contributed by atoms with van der Waals surface area (Å²) in [6.07, 6.45) is 0.934. The molecule has 0 bridgehead atoms. The Balaban J connectivity index is 1.86. The fourth-order valence-electron chi connectivity index (χ4n) is 2.30. The summed E-state index contributed by atoms with van der Waals surface area (Å²) in [6, 6.07) is 13.2. The van der Waals surface area contributed by atoms with Gasteiger partial charge in [-0.1, -0.05) is 31.2 Å². The SMILES string of the molecule is CCc1ccc(NC(=O)CCNS(=O)(=O)c2ccc(C(C)=O)cc2)cc1. The first-order valence-electron chi connectivity index (χ1n) is 8.31. The molecule has 0 atom stereocenters. The van der Waals surface area contributed by atoms with Gasteiger partial charge in [0.05, 0.1) is 4.90 Å². The molecule has 2 aromatic carbocycles. The fourth-order valence-corrected chi connectivity index (χ4v) is 3.33. The second-order valence-electron chi connectivity index (χ2n) is 5.83. The summed E-state index contributed by atoms with van der Waals surface area (Å²) in [7, 11) is -3.72. The smallest absolute Gasteiger partial charge is 0.240 e. The van der Waals surface area contributed by atoms with Crippen LogP contribution in [0.3, 0.4) is 0 Å². The van der Waals surface area contributed by atoms with Crippen LogP contribution in [0.1, 0.15) is 36.2 Å². The third kappa shape index (κ3) is 5.50. The minimum absolute atomic E-state index is 0.0142. The number of aryl methyl sites for hydroxylation is 1. The number of sulfonamides is 1. The normalized spacial score (nSPS) is 11.2. The Labute approximate surface area is 153 Å². The molecule has 2 rings (SSSR count). The summed E-state index contributed by atoms with van der Waals surface area (Å²) in [6.45, 7) is 3.44. The van der Waals surface area contributed by atoms with Gasteiger partial charge in [-0.05, 0) is 43.2 Å². The second-order valence-corrected chi connectivity index (χ2v) is 7.59. The van der Waals surface area contributed by atoms with Crippen molar-refractivity contribution >= 4 is 27.4 Å². The van der Waals surface area contributed by atoms with Gasteiger partial charge in [0.1, 0.15) is 0 Å². The molecule has 138 valence electrons. The predicted octanol–water partition coefficient (Wildman–Crippen LogP) is 2.76. The van der Waals surface area contributed by atoms with Gasteiger partial charge in [-0.2, -0.15) is 0 Å². The van der Waals surface area contributed by atoms with E-state index in [1.54, 1.807) is 0 Å². The van der Waals surface area contributed by atoms with Crippen molar-refractivity contribution in [3.8, 4) is 0 Å². The van der Waals surface area contributed by atoms with Gasteiger partial charge in [-0.3, -0.25) is 9.59 Å². The molecule has 6 nitrogen and oxygen atoms in total. The van der Waals surface area contributed by atoms with E-state index in [2.05, 4.69) is 10.0 Å². The second kappa shape index (κ2) is 8.73. The predicted molar refractivity (Wildman–Crippen MR) is 101 cm³/mol. The average molecular weight is 374 g/mol. The van der Waals surface area contributed by atoms with E-state index in [4.69, 9.17) is 0 Å². The number of benzene rings is 2. The van der Waals surface area contributed by atoms with E-state index < -0.39 is 10.0 Å². The molecule has 0 aliphatic heterocycles. The lowest BCUT2D eigenvalue weighted by atomic mass is 10.1. The van der Waals surface area contributed by atoms with Gasteiger partial charge in [-0.15, -0.1) is 0 Å². The number of rotatable bonds is 8. The van der Waals surface area contributed by atoms with Crippen molar-refractivity contribution in [3.63, 3.8) is 0 Å². The molecule has 0 aliphatic carbocycles. The molecule has 2 N–H and O–H groups in total. The van der Waals surface area contributed by atoms with Gasteiger partial charge in [0.25, 0.3) is 0 Å². The van der Waals surface area contributed by atoms with Crippen molar-refractivity contribution in [1.82, 2.24) is 4.72 Å². The van der Waals surface area contributed by atoms with E-state index in [0.29, 0.717) is 11.3 Å². The number of nitrogens with one attached hydrogen (secondary N) is 2. The van der Waals surface area contributed by atoms with E-state index >= 15 is 0 Å². The number of hydrogen-bond acceptors (Lipinski definition) is 4. The topological polar surface area (TPSA) is 92.3 Å². The highest BCUT2D eigenvalue weighted by Crippen LogP contribution is 2.12. The molecule has 0 radical (unpaired) electrons. The van der Waals surface area contributed by atoms with Crippen LogP contribution in [0.25, 0.3) is 0 Å². The van der Waals surface area contributed by atoms with Crippen LogP contribution in [0, 0.1) is 0 Å². The van der Waals surface area contributed by atoms with Crippen molar-refractivity contribution in [1.29, 1.82) is 0 Å². The first kappa shape index (κ1) is 19.8. The summed E-state index contributed by atoms with van der Waals surface area (Å²) in [5.41, 5.74) is 2.29. The molecule has 0 unspecified atom stereocenters. The number of ketones is 1. The Kier molecular flexibility index (Phi) is 6.65. The summed E-state index contributed by atoms with van der Waals surface area (Å²) >= 11 is 0. The third-order valence-electron chi connectivity index (χ3n) is 3.86. The van der Waals surface area contributed by atoms with Crippen LogP contribution in [0.5, 0.6) is 0 Å². The van der Waals surface area contributed by atoms with Crippen LogP contribution in [0.4, 0.5) is 5.69 Å². The van der Waals surface area contributed by atoms with Crippen molar-refractivity contribution < 1.29 is 18.0 Å². The van der Waals surface area contributed by atoms with E-state index in [0.717, 1.165) is 6.42 Å². The van der Waals surface area contributed by atoms with Gasteiger partial charge in [-0.25, -0.2) is 13.1 Å². The van der Waals surface area contributed by atoms with Gasteiger partial charge in [0, 0.05) is 24.2 Å². The molecule has 2 aromatic rings. The quantitative estimate of drug-likeness (QED) is 0.695. The molecule has 0 aliphatic rings. The summed E-state index contributed by atoms with van der Waals surface area (Å²) in [5, 5.41) is 2.73. The molecule has 0 saturated carbocycles. The monoisotopic (exact) mass is 374 g/mol. The largest absolute Gasteiger partial charge is 0.326 e. The minimum Gasteiger partial charge on any atom is -0.326 e. The maximum atomic E-state index is 12.2. The van der Waals surface area contributed by atoms with Gasteiger partial charge < -0.3 is 5.32 Å². The fraction of sp³-hybridized carbons (Fsp3) is 0.263. The van der Waals surface area contributed by atoms with Crippen molar-refractivity contribution in [3.05, 3.63) is 59.7 Å². The van der Waals surface area contributed by atoms with Crippen molar-refractivity contribution in [2.75, 3.05) is 11.9 Å². The van der Waals surface area contributed by atoms with Crippen LogP contribution in [0.2, 0.25) is 0 Å². The highest BCUT2D eigenvalue weighted by molar-refractivity contribution is 7.89. The summed E-state index contributed by atoms with van der Waals surface area (Å²) < 4.78 is 26.8. The average Bonchev–Trinajstić information content (AvgIpc) is 2.62. The van der Waals surface area contributed by atoms with Gasteiger partial charge >= 0.3 is 0 Å². The molecular weight excluding hydrogens is 352 g/mol. The lowest BCUT2D eigenvalue weighted by Gasteiger charge is -2.08. The molecule has 0 aromatic heterocycles. The zero-order valence-corrected chi connectivity index (χ0v) is 15.6. The number of carbonyl (C=O) groups is 2. The standard InChI is InChI=1S/C19H22N2O4S/c1-3-15-4-8-17(9-5-15)21-19(23)12-13-20-26(24,25)18-10-6-16(7-11-18)14(2)22/h4-11,20H,3,12-13H2,1-2H3,(H,21,23). The molecule has 26 heavy (non-hydrogen) atoms. The minimum atomic E-state index is -3.72. The van der Waals surface area contributed by atoms with E-state index in [-0.39, 0.29) is 29.6 Å². The summed E-state index contributed by atoms with van der Waals surface area (Å²) in [5.74, 6) is -0.408. The highest BCUT2D eigenvalue weighted by atomic mass is 32.2. The molecular formula is C19H22N2O4S. The van der Waals surface area contributed by atoms with Crippen molar-refractivity contribution in [2.45, 2.75) is 31.6 Å². The maximum Gasteiger partial charge on any atom is 0.240 e. The number of carbonyl (C=O) groups excluding carboxylic acids is 2. The number of anilines is 1. The van der Waals surface area contributed by atoms with Crippen LogP contribution in [0.15, 0.2) is 53.4 Å². The Bertz CT molecular complexity index is 873. The van der Waals surface area contributed by atoms with Crippen molar-refractivity contribution in [2.24, 2.45) is 0 Å². The first-order valence-corrected chi connectivity index (χ1v) is 9.79. The molecule has 0 fully saturated rings. The highest BCUT2D eigenvalue weighted by Gasteiger charge is 2.14. The maximum absolute atomic E-state index is 12.2. The van der Waals surface area contributed by atoms with Gasteiger partial charge in [0.2, 0.25) is 15.9 Å². The lowest BCUT2D eigenvalue weighted by molar-refractivity contribution is -0.116. The zero-order chi connectivity index (χ0) is 19.2. The van der Waals surface area contributed by atoms with Crippen LogP contribution in [-0.2, 0) is 21.2 Å².